The molecule has 0 bridgehead atoms. The van der Waals surface area contributed by atoms with Crippen LogP contribution < -0.4 is 0 Å². The molecule has 0 aromatic heterocycles. The van der Waals surface area contributed by atoms with E-state index in [2.05, 4.69) is 4.29 Å². The molecule has 0 heterocycles. The first kappa shape index (κ1) is 14.1. The van der Waals surface area contributed by atoms with Crippen molar-refractivity contribution in [1.29, 1.82) is 0 Å². The lowest BCUT2D eigenvalue weighted by molar-refractivity contribution is -0.926. The van der Waals surface area contributed by atoms with Crippen LogP contribution >= 0.6 is 46.7 Å². The van der Waals surface area contributed by atoms with Crippen LogP contribution in [0, 0.1) is 0 Å². The molecule has 0 saturated carbocycles. The average molecular weight is 270 g/mol. The molecule has 0 aliphatic carbocycles. The highest BCUT2D eigenvalue weighted by molar-refractivity contribution is 6.52. The number of quaternary nitrogens is 1. The van der Waals surface area contributed by atoms with E-state index in [4.69, 9.17) is 46.7 Å². The fraction of sp³-hybridized carbons (Fsp3) is 1.00. The number of nitrogens with zero attached hydrogens (tertiary/aromatic N) is 1. The quantitative estimate of drug-likeness (QED) is 0.432. The van der Waals surface area contributed by atoms with Gasteiger partial charge in [0.25, 0.3) is 0 Å². The fourth-order valence-corrected chi connectivity index (χ4v) is 1.53. The number of likely N-dealkylation sites (N-methyl/N-ethyl adjacent to an activating group) is 1. The second-order valence-corrected chi connectivity index (χ2v) is 5.70. The second-order valence-electron chi connectivity index (χ2n) is 3.55. The third kappa shape index (κ3) is 2.55. The van der Waals surface area contributed by atoms with E-state index in [9.17, 15) is 0 Å². The minimum atomic E-state index is -1.63. The summed E-state index contributed by atoms with van der Waals surface area (Å²) < 4.78 is 3.20. The summed E-state index contributed by atoms with van der Waals surface area (Å²) in [4.78, 5) is -1.02. The molecule has 80 valence electrons. The number of hydrogen-bond donors (Lipinski definition) is 0. The van der Waals surface area contributed by atoms with Crippen LogP contribution in [0.2, 0.25) is 0 Å². The molecule has 2 nitrogen and oxygen atoms in total. The van der Waals surface area contributed by atoms with Crippen LogP contribution in [0.15, 0.2) is 0 Å². The van der Waals surface area contributed by atoms with E-state index in [0.717, 1.165) is 6.54 Å². The fourth-order valence-electron chi connectivity index (χ4n) is 0.720. The lowest BCUT2D eigenvalue weighted by atomic mass is 10.2. The summed E-state index contributed by atoms with van der Waals surface area (Å²) in [5.74, 6) is 0. The highest BCUT2D eigenvalue weighted by atomic mass is 35.5. The van der Waals surface area contributed by atoms with Crippen molar-refractivity contribution in [2.24, 2.45) is 0 Å². The Morgan fingerprint density at radius 1 is 1.23 bits per heavy atom. The number of halogens is 4. The zero-order valence-corrected chi connectivity index (χ0v) is 11.1. The van der Waals surface area contributed by atoms with Gasteiger partial charge in [0.2, 0.25) is 5.00 Å². The van der Waals surface area contributed by atoms with E-state index in [1.165, 1.54) is 0 Å². The molecule has 0 fully saturated rings. The molecule has 0 rings (SSSR count). The highest BCUT2D eigenvalue weighted by Gasteiger charge is 2.57. The molecule has 0 aliphatic rings. The monoisotopic (exact) mass is 268 g/mol. The Bertz CT molecular complexity index is 163. The van der Waals surface area contributed by atoms with E-state index < -0.39 is 9.52 Å². The molecular formula is C7H14Cl4NO+. The van der Waals surface area contributed by atoms with E-state index in [0.29, 0.717) is 4.48 Å². The molecule has 1 atom stereocenters. The minimum Gasteiger partial charge on any atom is -0.307 e. The summed E-state index contributed by atoms with van der Waals surface area (Å²) in [6.45, 7) is 4.40. The molecule has 0 spiro atoms. The maximum Gasteiger partial charge on any atom is 0.305 e. The Kier molecular flexibility index (Phi) is 4.65. The van der Waals surface area contributed by atoms with Crippen molar-refractivity contribution >= 4 is 46.7 Å². The number of alkyl halides is 3. The van der Waals surface area contributed by atoms with Crippen LogP contribution in [0.3, 0.4) is 0 Å². The molecule has 0 amide bonds. The summed E-state index contributed by atoms with van der Waals surface area (Å²) in [6.07, 6.45) is 0. The predicted molar refractivity (Wildman–Crippen MR) is 58.3 cm³/mol. The van der Waals surface area contributed by atoms with Crippen LogP contribution in [-0.4, -0.2) is 34.6 Å². The molecule has 0 aromatic carbocycles. The van der Waals surface area contributed by atoms with Gasteiger partial charge in [-0.2, -0.15) is 0 Å². The van der Waals surface area contributed by atoms with Crippen LogP contribution in [0.5, 0.6) is 0 Å². The molecule has 0 aliphatic heterocycles. The largest absolute Gasteiger partial charge is 0.307 e. The Balaban J connectivity index is 4.95. The van der Waals surface area contributed by atoms with E-state index >= 15 is 0 Å². The van der Waals surface area contributed by atoms with Crippen molar-refractivity contribution in [2.45, 2.75) is 23.4 Å². The van der Waals surface area contributed by atoms with Crippen LogP contribution in [0.25, 0.3) is 0 Å². The zero-order valence-electron chi connectivity index (χ0n) is 8.07. The van der Waals surface area contributed by atoms with E-state index in [-0.39, 0.29) is 0 Å². The maximum atomic E-state index is 6.22. The summed E-state index contributed by atoms with van der Waals surface area (Å²) in [5.41, 5.74) is 0. The Morgan fingerprint density at radius 2 is 1.62 bits per heavy atom. The van der Waals surface area contributed by atoms with Crippen LogP contribution in [-0.2, 0) is 4.29 Å². The van der Waals surface area contributed by atoms with Gasteiger partial charge in [0.1, 0.15) is 0 Å². The number of hydrogen-bond acceptors (Lipinski definition) is 1. The molecule has 1 unspecified atom stereocenters. The van der Waals surface area contributed by atoms with Crippen molar-refractivity contribution in [2.75, 3.05) is 20.6 Å². The van der Waals surface area contributed by atoms with Gasteiger partial charge in [-0.1, -0.05) is 23.2 Å². The minimum absolute atomic E-state index is 0.383. The maximum absolute atomic E-state index is 6.22. The summed E-state index contributed by atoms with van der Waals surface area (Å²) in [6, 6.07) is 0. The SMILES string of the molecule is CC[N+](C)(C)C(C)(Cl)C(Cl)(Cl)OCl. The molecular weight excluding hydrogens is 256 g/mol. The van der Waals surface area contributed by atoms with Crippen molar-refractivity contribution < 1.29 is 8.77 Å². The van der Waals surface area contributed by atoms with Gasteiger partial charge in [-0.25, -0.2) is 4.29 Å². The van der Waals surface area contributed by atoms with Gasteiger partial charge in [0.15, 0.2) is 0 Å². The zero-order chi connectivity index (χ0) is 10.9. The van der Waals surface area contributed by atoms with Crippen molar-refractivity contribution in [3.63, 3.8) is 0 Å². The standard InChI is InChI=1S/C7H14Cl4NO/c1-5-12(3,4)6(2,8)7(9,10)13-11/h5H2,1-4H3/q+1. The molecule has 0 radical (unpaired) electrons. The van der Waals surface area contributed by atoms with E-state index in [1.807, 2.05) is 21.0 Å². The first-order valence-corrected chi connectivity index (χ1v) is 5.26. The first-order valence-electron chi connectivity index (χ1n) is 3.82. The van der Waals surface area contributed by atoms with Gasteiger partial charge in [0.05, 0.1) is 32.5 Å². The van der Waals surface area contributed by atoms with Crippen molar-refractivity contribution in [3.8, 4) is 0 Å². The lowest BCUT2D eigenvalue weighted by Crippen LogP contribution is -2.62. The molecule has 0 aromatic rings. The molecule has 13 heavy (non-hydrogen) atoms. The second kappa shape index (κ2) is 4.30. The smallest absolute Gasteiger partial charge is 0.305 e. The average Bonchev–Trinajstić information content (AvgIpc) is 2.03. The van der Waals surface area contributed by atoms with Crippen LogP contribution in [0.1, 0.15) is 13.8 Å². The van der Waals surface area contributed by atoms with E-state index in [1.54, 1.807) is 6.92 Å². The van der Waals surface area contributed by atoms with Gasteiger partial charge >= 0.3 is 4.52 Å². The topological polar surface area (TPSA) is 9.23 Å². The summed E-state index contributed by atoms with van der Waals surface area (Å²) in [5, 5.41) is 0. The lowest BCUT2D eigenvalue weighted by Gasteiger charge is -2.45. The third-order valence-corrected chi connectivity index (χ3v) is 4.75. The van der Waals surface area contributed by atoms with Gasteiger partial charge in [-0.3, -0.25) is 0 Å². The molecule has 6 heteroatoms. The van der Waals surface area contributed by atoms with Gasteiger partial charge in [0, 0.05) is 6.92 Å². The number of rotatable bonds is 4. The van der Waals surface area contributed by atoms with Gasteiger partial charge < -0.3 is 4.48 Å². The molecule has 0 N–H and O–H groups in total. The summed E-state index contributed by atoms with van der Waals surface area (Å²) >= 11 is 23.1. The van der Waals surface area contributed by atoms with Gasteiger partial charge in [-0.05, 0) is 18.5 Å². The van der Waals surface area contributed by atoms with Gasteiger partial charge in [-0.15, -0.1) is 0 Å². The summed E-state index contributed by atoms with van der Waals surface area (Å²) in [7, 11) is 3.78. The van der Waals surface area contributed by atoms with Crippen molar-refractivity contribution in [1.82, 2.24) is 0 Å². The third-order valence-electron chi connectivity index (χ3n) is 2.56. The van der Waals surface area contributed by atoms with Crippen molar-refractivity contribution in [3.05, 3.63) is 0 Å². The highest BCUT2D eigenvalue weighted by Crippen LogP contribution is 2.45. The Morgan fingerprint density at radius 3 is 1.85 bits per heavy atom. The normalized spacial score (nSPS) is 18.5. The molecule has 0 saturated heterocycles. The Labute approximate surface area is 99.4 Å². The van der Waals surface area contributed by atoms with Crippen LogP contribution in [0.4, 0.5) is 0 Å². The first-order chi connectivity index (χ1) is 5.62. The Hall–Kier alpha value is 1.08. The predicted octanol–water partition coefficient (Wildman–Crippen LogP) is 3.34.